The van der Waals surface area contributed by atoms with Crippen molar-refractivity contribution in [2.75, 3.05) is 20.3 Å². The molecule has 0 bridgehead atoms. The number of carbonyl (C=O) groups is 2. The Morgan fingerprint density at radius 3 is 1.60 bits per heavy atom. The zero-order chi connectivity index (χ0) is 35.4. The second kappa shape index (κ2) is 34.6. The molecule has 0 aliphatic heterocycles. The van der Waals surface area contributed by atoms with Crippen molar-refractivity contribution in [2.24, 2.45) is 0 Å². The molecule has 48 heavy (non-hydrogen) atoms. The molecule has 0 fully saturated rings. The molecular formula is C39H67O8P. The summed E-state index contributed by atoms with van der Waals surface area (Å²) in [5.74, 6) is -0.840. The van der Waals surface area contributed by atoms with E-state index in [1.165, 1.54) is 6.42 Å². The summed E-state index contributed by atoms with van der Waals surface area (Å²) in [4.78, 5) is 34.2. The summed E-state index contributed by atoms with van der Waals surface area (Å²) in [5, 5.41) is 0. The molecule has 0 aliphatic carbocycles. The minimum absolute atomic E-state index is 0.224. The minimum atomic E-state index is -4.26. The van der Waals surface area contributed by atoms with Crippen LogP contribution in [0.5, 0.6) is 0 Å². The van der Waals surface area contributed by atoms with Gasteiger partial charge in [0, 0.05) is 20.0 Å². The van der Waals surface area contributed by atoms with Crippen molar-refractivity contribution in [2.45, 2.75) is 155 Å². The molecule has 8 nitrogen and oxygen atoms in total. The third-order valence-electron chi connectivity index (χ3n) is 7.48. The lowest BCUT2D eigenvalue weighted by Crippen LogP contribution is -2.29. The molecule has 1 N–H and O–H groups in total. The summed E-state index contributed by atoms with van der Waals surface area (Å²) < 4.78 is 31.8. The van der Waals surface area contributed by atoms with Crippen molar-refractivity contribution in [1.82, 2.24) is 0 Å². The van der Waals surface area contributed by atoms with Gasteiger partial charge >= 0.3 is 19.8 Å². The number of unbranched alkanes of at least 4 members (excludes halogenated alkanes) is 12. The van der Waals surface area contributed by atoms with Crippen molar-refractivity contribution in [3.8, 4) is 0 Å². The smallest absolute Gasteiger partial charge is 0.462 e. The first-order chi connectivity index (χ1) is 23.3. The summed E-state index contributed by atoms with van der Waals surface area (Å²) >= 11 is 0. The summed E-state index contributed by atoms with van der Waals surface area (Å²) in [6.45, 7) is 3.67. The van der Waals surface area contributed by atoms with Crippen LogP contribution in [0.1, 0.15) is 149 Å². The predicted molar refractivity (Wildman–Crippen MR) is 198 cm³/mol. The van der Waals surface area contributed by atoms with Gasteiger partial charge in [-0.2, -0.15) is 0 Å². The highest BCUT2D eigenvalue weighted by Crippen LogP contribution is 2.42. The van der Waals surface area contributed by atoms with Crippen LogP contribution in [0.4, 0.5) is 0 Å². The van der Waals surface area contributed by atoms with Gasteiger partial charge in [0.2, 0.25) is 0 Å². The van der Waals surface area contributed by atoms with Gasteiger partial charge in [0.05, 0.1) is 6.61 Å². The van der Waals surface area contributed by atoms with Crippen LogP contribution in [-0.4, -0.2) is 43.3 Å². The van der Waals surface area contributed by atoms with E-state index in [0.29, 0.717) is 6.42 Å². The van der Waals surface area contributed by atoms with E-state index in [2.05, 4.69) is 79.1 Å². The van der Waals surface area contributed by atoms with Crippen molar-refractivity contribution in [1.29, 1.82) is 0 Å². The highest BCUT2D eigenvalue weighted by Gasteiger charge is 2.24. The van der Waals surface area contributed by atoms with Gasteiger partial charge in [-0.05, 0) is 70.6 Å². The quantitative estimate of drug-likeness (QED) is 0.0313. The first-order valence-corrected chi connectivity index (χ1v) is 20.0. The Bertz CT molecular complexity index is 969. The van der Waals surface area contributed by atoms with Crippen LogP contribution in [0.3, 0.4) is 0 Å². The Morgan fingerprint density at radius 1 is 0.604 bits per heavy atom. The molecule has 0 aromatic heterocycles. The Labute approximate surface area is 292 Å². The van der Waals surface area contributed by atoms with Gasteiger partial charge in [-0.1, -0.05) is 126 Å². The molecule has 2 atom stereocenters. The van der Waals surface area contributed by atoms with Crippen molar-refractivity contribution in [3.05, 3.63) is 60.8 Å². The maximum absolute atomic E-state index is 12.4. The fourth-order valence-electron chi connectivity index (χ4n) is 4.65. The van der Waals surface area contributed by atoms with Crippen LogP contribution in [0.25, 0.3) is 0 Å². The van der Waals surface area contributed by atoms with Gasteiger partial charge in [0.1, 0.15) is 6.61 Å². The largest absolute Gasteiger partial charge is 0.472 e. The number of rotatable bonds is 33. The zero-order valence-corrected chi connectivity index (χ0v) is 31.3. The van der Waals surface area contributed by atoms with Crippen LogP contribution < -0.4 is 0 Å². The predicted octanol–water partition coefficient (Wildman–Crippen LogP) is 11.2. The molecule has 2 unspecified atom stereocenters. The minimum Gasteiger partial charge on any atom is -0.462 e. The van der Waals surface area contributed by atoms with Crippen LogP contribution in [0.15, 0.2) is 60.8 Å². The Balaban J connectivity index is 4.09. The number of esters is 2. The molecule has 276 valence electrons. The lowest BCUT2D eigenvalue weighted by molar-refractivity contribution is -0.161. The van der Waals surface area contributed by atoms with Crippen molar-refractivity contribution >= 4 is 19.8 Å². The van der Waals surface area contributed by atoms with Crippen LogP contribution in [0.2, 0.25) is 0 Å². The number of phosphoric acid groups is 1. The highest BCUT2D eigenvalue weighted by molar-refractivity contribution is 7.47. The van der Waals surface area contributed by atoms with E-state index in [1.807, 2.05) is 0 Å². The summed E-state index contributed by atoms with van der Waals surface area (Å²) in [6, 6.07) is 0. The van der Waals surface area contributed by atoms with E-state index in [9.17, 15) is 19.0 Å². The zero-order valence-electron chi connectivity index (χ0n) is 30.4. The van der Waals surface area contributed by atoms with Gasteiger partial charge in [0.25, 0.3) is 0 Å². The second-order valence-electron chi connectivity index (χ2n) is 12.0. The molecule has 0 spiro atoms. The number of phosphoric ester groups is 1. The molecule has 0 amide bonds. The van der Waals surface area contributed by atoms with E-state index in [-0.39, 0.29) is 25.4 Å². The fraction of sp³-hybridized carbons (Fsp3) is 0.692. The number of carbonyl (C=O) groups excluding carboxylic acids is 2. The monoisotopic (exact) mass is 694 g/mol. The normalized spacial score (nSPS) is 14.2. The van der Waals surface area contributed by atoms with E-state index in [1.54, 1.807) is 0 Å². The van der Waals surface area contributed by atoms with Gasteiger partial charge in [-0.3, -0.25) is 18.6 Å². The average Bonchev–Trinajstić information content (AvgIpc) is 3.07. The van der Waals surface area contributed by atoms with Crippen LogP contribution >= 0.6 is 7.82 Å². The molecule has 0 saturated heterocycles. The number of ether oxygens (including phenoxy) is 2. The van der Waals surface area contributed by atoms with Crippen molar-refractivity contribution < 1.29 is 37.6 Å². The molecule has 0 rings (SSSR count). The third kappa shape index (κ3) is 33.6. The van der Waals surface area contributed by atoms with Crippen LogP contribution in [-0.2, 0) is 32.7 Å². The van der Waals surface area contributed by atoms with E-state index >= 15 is 0 Å². The van der Waals surface area contributed by atoms with E-state index < -0.39 is 26.5 Å². The molecule has 0 aromatic carbocycles. The standard InChI is InChI=1S/C39H67O8P/c1-4-6-8-10-12-14-16-17-18-19-20-21-22-23-24-26-28-30-32-34-39(41)47-37(36-46-48(42,43)44-3)35-45-38(40)33-31-29-27-25-15-13-11-9-7-5-2/h6,8-9,11-12,14,17-18,20-21,37H,4-5,7,10,13,15-16,19,22-36H2,1-3H3,(H,42,43)/b8-6-,11-9-,14-12-,18-17-,21-20-. The molecule has 0 saturated carbocycles. The topological polar surface area (TPSA) is 108 Å². The lowest BCUT2D eigenvalue weighted by Gasteiger charge is -2.19. The molecule has 0 radical (unpaired) electrons. The van der Waals surface area contributed by atoms with Gasteiger partial charge in [-0.15, -0.1) is 0 Å². The third-order valence-corrected chi connectivity index (χ3v) is 8.41. The molecular weight excluding hydrogens is 627 g/mol. The Hall–Kier alpha value is -2.25. The number of hydrogen-bond donors (Lipinski definition) is 1. The van der Waals surface area contributed by atoms with Crippen LogP contribution in [0, 0.1) is 0 Å². The summed E-state index contributed by atoms with van der Waals surface area (Å²) in [7, 11) is -3.21. The molecule has 0 aliphatic rings. The lowest BCUT2D eigenvalue weighted by atomic mass is 10.1. The summed E-state index contributed by atoms with van der Waals surface area (Å²) in [6.07, 6.45) is 41.3. The number of hydrogen-bond acceptors (Lipinski definition) is 7. The summed E-state index contributed by atoms with van der Waals surface area (Å²) in [5.41, 5.74) is 0. The maximum Gasteiger partial charge on any atom is 0.472 e. The highest BCUT2D eigenvalue weighted by atomic mass is 31.2. The fourth-order valence-corrected chi connectivity index (χ4v) is 5.11. The van der Waals surface area contributed by atoms with E-state index in [4.69, 9.17) is 14.0 Å². The second-order valence-corrected chi connectivity index (χ2v) is 13.5. The Morgan fingerprint density at radius 2 is 1.06 bits per heavy atom. The molecule has 0 aromatic rings. The van der Waals surface area contributed by atoms with Gasteiger partial charge in [-0.25, -0.2) is 4.57 Å². The first-order valence-electron chi connectivity index (χ1n) is 18.5. The number of allylic oxidation sites excluding steroid dienone is 10. The van der Waals surface area contributed by atoms with Crippen molar-refractivity contribution in [3.63, 3.8) is 0 Å². The molecule has 0 heterocycles. The van der Waals surface area contributed by atoms with Gasteiger partial charge < -0.3 is 14.4 Å². The Kier molecular flexibility index (Phi) is 33.0. The maximum atomic E-state index is 12.4. The first kappa shape index (κ1) is 45.8. The average molecular weight is 695 g/mol. The van der Waals surface area contributed by atoms with Gasteiger partial charge in [0.15, 0.2) is 6.10 Å². The molecule has 9 heteroatoms. The SMILES string of the molecule is CC/C=C\C/C=C\C/C=C\C/C=C\CCCCCCCCC(=O)OC(COC(=O)CCCCCCC/C=C\CCC)COP(=O)(O)OC. The van der Waals surface area contributed by atoms with E-state index in [0.717, 1.165) is 116 Å².